The molecular formula is C7H9FN4OS. The van der Waals surface area contributed by atoms with Crippen LogP contribution in [0, 0.1) is 0 Å². The Morgan fingerprint density at radius 3 is 3.14 bits per heavy atom. The molecule has 0 aromatic carbocycles. The molecule has 2 heterocycles. The Morgan fingerprint density at radius 2 is 2.57 bits per heavy atom. The summed E-state index contributed by atoms with van der Waals surface area (Å²) >= 11 is 1.13. The molecule has 1 aromatic heterocycles. The maximum absolute atomic E-state index is 13.1. The van der Waals surface area contributed by atoms with Crippen molar-refractivity contribution < 1.29 is 9.18 Å². The third-order valence-corrected chi connectivity index (χ3v) is 2.91. The molecule has 1 saturated heterocycles. The first-order valence-electron chi connectivity index (χ1n) is 4.16. The lowest BCUT2D eigenvalue weighted by Crippen LogP contribution is -2.39. The van der Waals surface area contributed by atoms with Gasteiger partial charge in [-0.05, 0) is 0 Å². The van der Waals surface area contributed by atoms with Gasteiger partial charge in [0, 0.05) is 18.0 Å². The van der Waals surface area contributed by atoms with E-state index in [1.54, 1.807) is 4.90 Å². The van der Waals surface area contributed by atoms with E-state index in [0.717, 1.165) is 11.5 Å². The fourth-order valence-corrected chi connectivity index (χ4v) is 2.17. The van der Waals surface area contributed by atoms with E-state index in [1.807, 2.05) is 0 Å². The number of amides is 1. The second-order valence-corrected chi connectivity index (χ2v) is 3.92. The minimum Gasteiger partial charge on any atom is -0.368 e. The number of hydrogen-bond donors (Lipinski definition) is 1. The zero-order chi connectivity index (χ0) is 10.1. The standard InChI is InChI=1S/C7H9FN4OS/c8-4-1-5(7(9)13)12(3-4)6-2-10-11-14-6/h2,4-5H,1,3H2,(H2,9,13). The van der Waals surface area contributed by atoms with Crippen LogP contribution in [-0.4, -0.2) is 34.3 Å². The Kier molecular flexibility index (Phi) is 2.32. The summed E-state index contributed by atoms with van der Waals surface area (Å²) in [6.07, 6.45) is 0.667. The number of carbonyl (C=O) groups is 1. The van der Waals surface area contributed by atoms with Gasteiger partial charge in [-0.1, -0.05) is 4.49 Å². The summed E-state index contributed by atoms with van der Waals surface area (Å²) in [7, 11) is 0. The fourth-order valence-electron chi connectivity index (χ4n) is 1.59. The lowest BCUT2D eigenvalue weighted by Gasteiger charge is -2.20. The first-order chi connectivity index (χ1) is 6.68. The predicted octanol–water partition coefficient (Wildman–Crippen LogP) is -0.0598. The lowest BCUT2D eigenvalue weighted by molar-refractivity contribution is -0.119. The van der Waals surface area contributed by atoms with Gasteiger partial charge in [0.2, 0.25) is 5.91 Å². The minimum atomic E-state index is -1.01. The van der Waals surface area contributed by atoms with Crippen molar-refractivity contribution >= 4 is 22.4 Å². The van der Waals surface area contributed by atoms with Crippen LogP contribution in [0.2, 0.25) is 0 Å². The Morgan fingerprint density at radius 1 is 1.79 bits per heavy atom. The molecule has 2 N–H and O–H groups in total. The first kappa shape index (κ1) is 9.32. The van der Waals surface area contributed by atoms with Crippen molar-refractivity contribution in [2.75, 3.05) is 11.4 Å². The molecule has 1 aliphatic heterocycles. The Hall–Kier alpha value is -1.24. The summed E-state index contributed by atoms with van der Waals surface area (Å²) in [6.45, 7) is 0.192. The molecule has 5 nitrogen and oxygen atoms in total. The summed E-state index contributed by atoms with van der Waals surface area (Å²) in [5, 5.41) is 4.33. The Bertz CT molecular complexity index is 330. The van der Waals surface area contributed by atoms with Gasteiger partial charge in [0.1, 0.15) is 17.2 Å². The van der Waals surface area contributed by atoms with Gasteiger partial charge in [-0.25, -0.2) is 4.39 Å². The van der Waals surface area contributed by atoms with Crippen LogP contribution in [0.3, 0.4) is 0 Å². The number of nitrogens with two attached hydrogens (primary N) is 1. The molecule has 1 aromatic rings. The van der Waals surface area contributed by atoms with Crippen molar-refractivity contribution in [3.8, 4) is 0 Å². The van der Waals surface area contributed by atoms with E-state index in [-0.39, 0.29) is 13.0 Å². The normalized spacial score (nSPS) is 26.8. The highest BCUT2D eigenvalue weighted by Gasteiger charge is 2.36. The highest BCUT2D eigenvalue weighted by molar-refractivity contribution is 7.09. The van der Waals surface area contributed by atoms with Crippen LogP contribution in [-0.2, 0) is 4.79 Å². The summed E-state index contributed by atoms with van der Waals surface area (Å²) in [6, 6.07) is -0.563. The molecule has 7 heteroatoms. The summed E-state index contributed by atoms with van der Waals surface area (Å²) in [4.78, 5) is 12.7. The third-order valence-electron chi connectivity index (χ3n) is 2.21. The van der Waals surface area contributed by atoms with Gasteiger partial charge >= 0.3 is 0 Å². The lowest BCUT2D eigenvalue weighted by atomic mass is 10.2. The number of rotatable bonds is 2. The fraction of sp³-hybridized carbons (Fsp3) is 0.571. The number of anilines is 1. The molecule has 0 bridgehead atoms. The van der Waals surface area contributed by atoms with Gasteiger partial charge in [0.25, 0.3) is 0 Å². The molecule has 14 heavy (non-hydrogen) atoms. The largest absolute Gasteiger partial charge is 0.368 e. The van der Waals surface area contributed by atoms with Crippen molar-refractivity contribution in [1.82, 2.24) is 9.59 Å². The molecule has 76 valence electrons. The summed E-state index contributed by atoms with van der Waals surface area (Å²) < 4.78 is 16.8. The van der Waals surface area contributed by atoms with E-state index in [1.165, 1.54) is 6.20 Å². The van der Waals surface area contributed by atoms with Gasteiger partial charge in [0.15, 0.2) is 0 Å². The number of primary amides is 1. The number of alkyl halides is 1. The van der Waals surface area contributed by atoms with Gasteiger partial charge in [-0.2, -0.15) is 0 Å². The predicted molar refractivity (Wildman–Crippen MR) is 49.8 cm³/mol. The average Bonchev–Trinajstić information content (AvgIpc) is 2.70. The summed E-state index contributed by atoms with van der Waals surface area (Å²) in [5.74, 6) is -0.501. The molecule has 2 unspecified atom stereocenters. The van der Waals surface area contributed by atoms with Crippen LogP contribution in [0.4, 0.5) is 9.39 Å². The van der Waals surface area contributed by atoms with Crippen molar-refractivity contribution in [3.63, 3.8) is 0 Å². The van der Waals surface area contributed by atoms with Gasteiger partial charge in [0.05, 0.1) is 12.7 Å². The summed E-state index contributed by atoms with van der Waals surface area (Å²) in [5.41, 5.74) is 5.17. The highest BCUT2D eigenvalue weighted by Crippen LogP contribution is 2.28. The zero-order valence-corrected chi connectivity index (χ0v) is 8.08. The number of hydrogen-bond acceptors (Lipinski definition) is 5. The van der Waals surface area contributed by atoms with E-state index in [0.29, 0.717) is 5.00 Å². The molecule has 1 aliphatic rings. The second-order valence-electron chi connectivity index (χ2n) is 3.16. The molecule has 0 spiro atoms. The van der Waals surface area contributed by atoms with E-state index in [9.17, 15) is 9.18 Å². The number of aromatic nitrogens is 2. The van der Waals surface area contributed by atoms with Crippen LogP contribution in [0.15, 0.2) is 6.20 Å². The van der Waals surface area contributed by atoms with E-state index >= 15 is 0 Å². The van der Waals surface area contributed by atoms with E-state index in [2.05, 4.69) is 9.59 Å². The minimum absolute atomic E-state index is 0.160. The monoisotopic (exact) mass is 216 g/mol. The Labute approximate surface area is 83.9 Å². The molecule has 1 amide bonds. The molecule has 2 rings (SSSR count). The first-order valence-corrected chi connectivity index (χ1v) is 4.93. The van der Waals surface area contributed by atoms with Crippen LogP contribution in [0.5, 0.6) is 0 Å². The third kappa shape index (κ3) is 1.54. The number of carbonyl (C=O) groups excluding carboxylic acids is 1. The van der Waals surface area contributed by atoms with Crippen LogP contribution >= 0.6 is 11.5 Å². The molecule has 0 radical (unpaired) electrons. The second kappa shape index (κ2) is 3.49. The topological polar surface area (TPSA) is 72.1 Å². The average molecular weight is 216 g/mol. The molecule has 0 aliphatic carbocycles. The van der Waals surface area contributed by atoms with Gasteiger partial charge in [-0.15, -0.1) is 5.10 Å². The molecular weight excluding hydrogens is 207 g/mol. The van der Waals surface area contributed by atoms with Crippen LogP contribution < -0.4 is 10.6 Å². The Balaban J connectivity index is 2.21. The van der Waals surface area contributed by atoms with Crippen LogP contribution in [0.1, 0.15) is 6.42 Å². The highest BCUT2D eigenvalue weighted by atomic mass is 32.1. The van der Waals surface area contributed by atoms with E-state index in [4.69, 9.17) is 5.73 Å². The van der Waals surface area contributed by atoms with Crippen molar-refractivity contribution in [1.29, 1.82) is 0 Å². The maximum Gasteiger partial charge on any atom is 0.240 e. The van der Waals surface area contributed by atoms with Crippen molar-refractivity contribution in [2.45, 2.75) is 18.6 Å². The number of halogens is 1. The van der Waals surface area contributed by atoms with Crippen molar-refractivity contribution in [3.05, 3.63) is 6.20 Å². The smallest absolute Gasteiger partial charge is 0.240 e. The van der Waals surface area contributed by atoms with Gasteiger partial charge < -0.3 is 10.6 Å². The van der Waals surface area contributed by atoms with Crippen molar-refractivity contribution in [2.24, 2.45) is 5.73 Å². The molecule has 0 saturated carbocycles. The van der Waals surface area contributed by atoms with E-state index < -0.39 is 18.1 Å². The van der Waals surface area contributed by atoms with Crippen LogP contribution in [0.25, 0.3) is 0 Å². The SMILES string of the molecule is NC(=O)C1CC(F)CN1c1cnns1. The van der Waals surface area contributed by atoms with Gasteiger partial charge in [-0.3, -0.25) is 4.79 Å². The quantitative estimate of drug-likeness (QED) is 0.751. The number of nitrogens with zero attached hydrogens (tertiary/aromatic N) is 3. The molecule has 1 fully saturated rings. The maximum atomic E-state index is 13.1. The molecule has 2 atom stereocenters. The zero-order valence-electron chi connectivity index (χ0n) is 7.26.